The molecule has 1 aliphatic carbocycles. The molecule has 1 saturated carbocycles. The van der Waals surface area contributed by atoms with Gasteiger partial charge in [-0.2, -0.15) is 4.98 Å². The fourth-order valence-electron chi connectivity index (χ4n) is 3.89. The molecule has 2 heterocycles. The first-order chi connectivity index (χ1) is 13.5. The standard InChI is InChI=1S/C21H23N3O4/c1-14-9-10-15(13-16(14)27-2)28-18-8-6-7-17(22-18)24-19(25)21(23-20(24)26)11-4-3-5-12-21/h6-10,13H,3-5,11-12H2,1-2H3,(H,23,26). The molecule has 7 nitrogen and oxygen atoms in total. The van der Waals surface area contributed by atoms with E-state index in [1.54, 1.807) is 31.4 Å². The number of urea groups is 1. The number of amides is 3. The highest BCUT2D eigenvalue weighted by Gasteiger charge is 2.52. The van der Waals surface area contributed by atoms with Gasteiger partial charge in [0.15, 0.2) is 0 Å². The zero-order valence-corrected chi connectivity index (χ0v) is 16.0. The van der Waals surface area contributed by atoms with Crippen LogP contribution in [-0.2, 0) is 4.79 Å². The van der Waals surface area contributed by atoms with Crippen LogP contribution in [0.25, 0.3) is 0 Å². The quantitative estimate of drug-likeness (QED) is 0.811. The second kappa shape index (κ2) is 7.14. The van der Waals surface area contributed by atoms with Crippen molar-refractivity contribution >= 4 is 17.8 Å². The number of nitrogens with zero attached hydrogens (tertiary/aromatic N) is 2. The predicted molar refractivity (Wildman–Crippen MR) is 104 cm³/mol. The van der Waals surface area contributed by atoms with Gasteiger partial charge >= 0.3 is 6.03 Å². The van der Waals surface area contributed by atoms with Gasteiger partial charge in [0.1, 0.15) is 22.9 Å². The Kier molecular flexibility index (Phi) is 4.66. The van der Waals surface area contributed by atoms with Crippen LogP contribution < -0.4 is 19.7 Å². The molecular formula is C21H23N3O4. The Morgan fingerprint density at radius 2 is 1.89 bits per heavy atom. The summed E-state index contributed by atoms with van der Waals surface area (Å²) in [6, 6.07) is 10.1. The van der Waals surface area contributed by atoms with Gasteiger partial charge in [-0.3, -0.25) is 4.79 Å². The number of nitrogens with one attached hydrogen (secondary N) is 1. The second-order valence-electron chi connectivity index (χ2n) is 7.28. The lowest BCUT2D eigenvalue weighted by Crippen LogP contribution is -2.48. The first-order valence-electron chi connectivity index (χ1n) is 9.49. The van der Waals surface area contributed by atoms with E-state index in [4.69, 9.17) is 9.47 Å². The smallest absolute Gasteiger partial charge is 0.330 e. The van der Waals surface area contributed by atoms with E-state index in [9.17, 15) is 9.59 Å². The molecule has 4 rings (SSSR count). The molecule has 2 fully saturated rings. The summed E-state index contributed by atoms with van der Waals surface area (Å²) in [6.45, 7) is 1.94. The SMILES string of the molecule is COc1cc(Oc2cccc(N3C(=O)NC4(CCCCC4)C3=O)n2)ccc1C. The van der Waals surface area contributed by atoms with Crippen molar-refractivity contribution in [2.45, 2.75) is 44.6 Å². The summed E-state index contributed by atoms with van der Waals surface area (Å²) < 4.78 is 11.1. The van der Waals surface area contributed by atoms with Crippen molar-refractivity contribution in [1.29, 1.82) is 0 Å². The molecule has 1 aliphatic heterocycles. The molecule has 146 valence electrons. The molecule has 2 aliphatic rings. The number of hydrogen-bond donors (Lipinski definition) is 1. The molecule has 0 atom stereocenters. The molecule has 3 amide bonds. The van der Waals surface area contributed by atoms with Crippen LogP contribution in [0.3, 0.4) is 0 Å². The van der Waals surface area contributed by atoms with Gasteiger partial charge in [-0.05, 0) is 37.5 Å². The molecule has 1 N–H and O–H groups in total. The number of ether oxygens (including phenoxy) is 2. The number of carbonyl (C=O) groups is 2. The van der Waals surface area contributed by atoms with Crippen LogP contribution >= 0.6 is 0 Å². The third-order valence-corrected chi connectivity index (χ3v) is 5.41. The van der Waals surface area contributed by atoms with Crippen LogP contribution in [0.4, 0.5) is 10.6 Å². The predicted octanol–water partition coefficient (Wildman–Crippen LogP) is 3.95. The van der Waals surface area contributed by atoms with Crippen LogP contribution in [0.15, 0.2) is 36.4 Å². The minimum Gasteiger partial charge on any atom is -0.496 e. The number of anilines is 1. The van der Waals surface area contributed by atoms with E-state index < -0.39 is 11.6 Å². The van der Waals surface area contributed by atoms with Crippen molar-refractivity contribution in [3.05, 3.63) is 42.0 Å². The van der Waals surface area contributed by atoms with Crippen molar-refractivity contribution in [3.63, 3.8) is 0 Å². The first kappa shape index (κ1) is 18.3. The van der Waals surface area contributed by atoms with Crippen molar-refractivity contribution in [1.82, 2.24) is 10.3 Å². The van der Waals surface area contributed by atoms with Crippen molar-refractivity contribution < 1.29 is 19.1 Å². The molecule has 28 heavy (non-hydrogen) atoms. The lowest BCUT2D eigenvalue weighted by molar-refractivity contribution is -0.123. The Hall–Kier alpha value is -3.09. The average molecular weight is 381 g/mol. The highest BCUT2D eigenvalue weighted by Crippen LogP contribution is 2.36. The molecular weight excluding hydrogens is 358 g/mol. The minimum absolute atomic E-state index is 0.223. The van der Waals surface area contributed by atoms with Crippen LogP contribution in [-0.4, -0.2) is 29.6 Å². The average Bonchev–Trinajstić information content (AvgIpc) is 2.93. The summed E-state index contributed by atoms with van der Waals surface area (Å²) in [5.74, 6) is 1.61. The molecule has 7 heteroatoms. The van der Waals surface area contributed by atoms with Gasteiger partial charge in [0.25, 0.3) is 5.91 Å². The van der Waals surface area contributed by atoms with Crippen molar-refractivity contribution in [3.8, 4) is 17.4 Å². The Morgan fingerprint density at radius 1 is 1.11 bits per heavy atom. The van der Waals surface area contributed by atoms with E-state index in [1.807, 2.05) is 19.1 Å². The van der Waals surface area contributed by atoms with Gasteiger partial charge in [0.05, 0.1) is 7.11 Å². The molecule has 0 unspecified atom stereocenters. The maximum absolute atomic E-state index is 13.0. The zero-order valence-electron chi connectivity index (χ0n) is 16.0. The second-order valence-corrected chi connectivity index (χ2v) is 7.28. The third-order valence-electron chi connectivity index (χ3n) is 5.41. The van der Waals surface area contributed by atoms with Crippen LogP contribution in [0.1, 0.15) is 37.7 Å². The van der Waals surface area contributed by atoms with E-state index in [1.165, 1.54) is 0 Å². The fourth-order valence-corrected chi connectivity index (χ4v) is 3.89. The molecule has 1 aromatic heterocycles. The number of imide groups is 1. The molecule has 2 aromatic rings. The number of benzene rings is 1. The van der Waals surface area contributed by atoms with Gasteiger partial charge in [-0.15, -0.1) is 0 Å². The largest absolute Gasteiger partial charge is 0.496 e. The van der Waals surface area contributed by atoms with Crippen LogP contribution in [0.2, 0.25) is 0 Å². The van der Waals surface area contributed by atoms with Gasteiger partial charge in [0.2, 0.25) is 5.88 Å². The van der Waals surface area contributed by atoms with Gasteiger partial charge < -0.3 is 14.8 Å². The zero-order chi connectivity index (χ0) is 19.7. The Balaban J connectivity index is 1.59. The topological polar surface area (TPSA) is 80.8 Å². The van der Waals surface area contributed by atoms with Gasteiger partial charge in [0, 0.05) is 12.1 Å². The number of methoxy groups -OCH3 is 1. The number of carbonyl (C=O) groups excluding carboxylic acids is 2. The van der Waals surface area contributed by atoms with Crippen molar-refractivity contribution in [2.75, 3.05) is 12.0 Å². The summed E-state index contributed by atoms with van der Waals surface area (Å²) in [4.78, 5) is 31.1. The summed E-state index contributed by atoms with van der Waals surface area (Å²) in [6.07, 6.45) is 4.31. The number of aromatic nitrogens is 1. The molecule has 0 bridgehead atoms. The number of aryl methyl sites for hydroxylation is 1. The minimum atomic E-state index is -0.780. The van der Waals surface area contributed by atoms with E-state index in [0.29, 0.717) is 30.2 Å². The maximum Gasteiger partial charge on any atom is 0.330 e. The Morgan fingerprint density at radius 3 is 2.64 bits per heavy atom. The normalized spacial score (nSPS) is 18.3. The van der Waals surface area contributed by atoms with Crippen LogP contribution in [0.5, 0.6) is 17.4 Å². The Bertz CT molecular complexity index is 922. The molecule has 1 spiro atoms. The number of hydrogen-bond acceptors (Lipinski definition) is 5. The molecule has 0 radical (unpaired) electrons. The summed E-state index contributed by atoms with van der Waals surface area (Å²) in [5, 5.41) is 2.90. The van der Waals surface area contributed by atoms with Gasteiger partial charge in [-0.1, -0.05) is 31.4 Å². The Labute approximate surface area is 163 Å². The fraction of sp³-hybridized carbons (Fsp3) is 0.381. The van der Waals surface area contributed by atoms with E-state index in [-0.39, 0.29) is 11.7 Å². The third kappa shape index (κ3) is 3.17. The lowest BCUT2D eigenvalue weighted by atomic mass is 9.82. The summed E-state index contributed by atoms with van der Waals surface area (Å²) >= 11 is 0. The molecule has 1 saturated heterocycles. The first-order valence-corrected chi connectivity index (χ1v) is 9.49. The van der Waals surface area contributed by atoms with E-state index in [2.05, 4.69) is 10.3 Å². The van der Waals surface area contributed by atoms with Crippen LogP contribution in [0, 0.1) is 6.92 Å². The number of rotatable bonds is 4. The van der Waals surface area contributed by atoms with Crippen molar-refractivity contribution in [2.24, 2.45) is 0 Å². The van der Waals surface area contributed by atoms with E-state index in [0.717, 1.165) is 29.7 Å². The highest BCUT2D eigenvalue weighted by atomic mass is 16.5. The van der Waals surface area contributed by atoms with E-state index >= 15 is 0 Å². The van der Waals surface area contributed by atoms with Gasteiger partial charge in [-0.25, -0.2) is 9.69 Å². The lowest BCUT2D eigenvalue weighted by Gasteiger charge is -2.30. The summed E-state index contributed by atoms with van der Waals surface area (Å²) in [7, 11) is 1.60. The summed E-state index contributed by atoms with van der Waals surface area (Å²) in [5.41, 5.74) is 0.215. The maximum atomic E-state index is 13.0. The number of pyridine rings is 1. The monoisotopic (exact) mass is 381 g/mol. The highest BCUT2D eigenvalue weighted by molar-refractivity contribution is 6.22. The molecule has 1 aromatic carbocycles.